The summed E-state index contributed by atoms with van der Waals surface area (Å²) in [6, 6.07) is 7.68. The first-order chi connectivity index (χ1) is 8.24. The van der Waals surface area contributed by atoms with Crippen LogP contribution < -0.4 is 4.74 Å². The van der Waals surface area contributed by atoms with Crippen LogP contribution in [0.1, 0.15) is 25.1 Å². The van der Waals surface area contributed by atoms with E-state index in [2.05, 4.69) is 4.98 Å². The fraction of sp³-hybridized carbons (Fsp3) is 0.357. The molecule has 1 heterocycles. The molecule has 17 heavy (non-hydrogen) atoms. The number of aromatic nitrogens is 1. The van der Waals surface area contributed by atoms with Gasteiger partial charge in [0.05, 0.1) is 19.2 Å². The summed E-state index contributed by atoms with van der Waals surface area (Å²) >= 11 is 0. The standard InChI is InChI=1S/C12H13NO2.C2H6/c1-8-10(7-14)5-9-3-4-11(15-2)6-12(9)13-8;1-2/h3-6,14H,7H2,1-2H3;1-2H3. The van der Waals surface area contributed by atoms with Crippen molar-refractivity contribution in [1.82, 2.24) is 4.98 Å². The van der Waals surface area contributed by atoms with E-state index in [-0.39, 0.29) is 6.61 Å². The van der Waals surface area contributed by atoms with Crippen molar-refractivity contribution >= 4 is 10.9 Å². The second-order valence-electron chi connectivity index (χ2n) is 3.45. The van der Waals surface area contributed by atoms with E-state index in [9.17, 15) is 0 Å². The van der Waals surface area contributed by atoms with E-state index in [0.717, 1.165) is 27.9 Å². The first kappa shape index (κ1) is 13.5. The van der Waals surface area contributed by atoms with Crippen molar-refractivity contribution in [3.63, 3.8) is 0 Å². The van der Waals surface area contributed by atoms with Gasteiger partial charge in [0.1, 0.15) is 5.75 Å². The molecular weight excluding hydrogens is 214 g/mol. The van der Waals surface area contributed by atoms with Crippen LogP contribution in [0.5, 0.6) is 5.75 Å². The minimum Gasteiger partial charge on any atom is -0.497 e. The molecule has 1 N–H and O–H groups in total. The Kier molecular flexibility index (Phi) is 4.91. The van der Waals surface area contributed by atoms with Gasteiger partial charge in [0, 0.05) is 17.1 Å². The average Bonchev–Trinajstić information content (AvgIpc) is 2.39. The van der Waals surface area contributed by atoms with Crippen molar-refractivity contribution < 1.29 is 9.84 Å². The van der Waals surface area contributed by atoms with Crippen LogP contribution >= 0.6 is 0 Å². The summed E-state index contributed by atoms with van der Waals surface area (Å²) in [7, 11) is 1.64. The summed E-state index contributed by atoms with van der Waals surface area (Å²) in [6.07, 6.45) is 0. The topological polar surface area (TPSA) is 42.4 Å². The van der Waals surface area contributed by atoms with Crippen LogP contribution in [0.15, 0.2) is 24.3 Å². The summed E-state index contributed by atoms with van der Waals surface area (Å²) < 4.78 is 5.13. The molecule has 3 nitrogen and oxygen atoms in total. The van der Waals surface area contributed by atoms with Gasteiger partial charge in [0.2, 0.25) is 0 Å². The number of aliphatic hydroxyl groups excluding tert-OH is 1. The zero-order valence-corrected chi connectivity index (χ0v) is 10.8. The maximum absolute atomic E-state index is 9.11. The Bertz CT molecular complexity index is 495. The second kappa shape index (κ2) is 6.21. The Hall–Kier alpha value is -1.61. The normalized spacial score (nSPS) is 9.71. The van der Waals surface area contributed by atoms with Gasteiger partial charge in [-0.15, -0.1) is 0 Å². The summed E-state index contributed by atoms with van der Waals surface area (Å²) in [5.41, 5.74) is 2.62. The Balaban J connectivity index is 0.000000686. The number of aliphatic hydroxyl groups is 1. The third-order valence-corrected chi connectivity index (χ3v) is 2.49. The maximum atomic E-state index is 9.11. The van der Waals surface area contributed by atoms with Crippen LogP contribution in [0.2, 0.25) is 0 Å². The Morgan fingerprint density at radius 1 is 1.24 bits per heavy atom. The van der Waals surface area contributed by atoms with Crippen molar-refractivity contribution in [2.75, 3.05) is 7.11 Å². The van der Waals surface area contributed by atoms with E-state index in [4.69, 9.17) is 9.84 Å². The summed E-state index contributed by atoms with van der Waals surface area (Å²) in [5.74, 6) is 0.797. The predicted octanol–water partition coefficient (Wildman–Crippen LogP) is 3.07. The number of benzene rings is 1. The van der Waals surface area contributed by atoms with E-state index in [1.807, 2.05) is 45.0 Å². The molecule has 0 aliphatic carbocycles. The number of aryl methyl sites for hydroxylation is 1. The molecule has 0 amide bonds. The fourth-order valence-electron chi connectivity index (χ4n) is 1.57. The minimum absolute atomic E-state index is 0.0286. The van der Waals surface area contributed by atoms with Gasteiger partial charge in [0.25, 0.3) is 0 Å². The van der Waals surface area contributed by atoms with Crippen molar-refractivity contribution in [3.05, 3.63) is 35.5 Å². The quantitative estimate of drug-likeness (QED) is 0.866. The molecule has 0 bridgehead atoms. The minimum atomic E-state index is 0.0286. The molecule has 2 rings (SSSR count). The number of fused-ring (bicyclic) bond motifs is 1. The Labute approximate surface area is 102 Å². The molecule has 1 aromatic heterocycles. The lowest BCUT2D eigenvalue weighted by atomic mass is 10.1. The van der Waals surface area contributed by atoms with Crippen LogP contribution in [-0.2, 0) is 6.61 Å². The van der Waals surface area contributed by atoms with E-state index in [1.165, 1.54) is 0 Å². The monoisotopic (exact) mass is 233 g/mol. The number of nitrogens with zero attached hydrogens (tertiary/aromatic N) is 1. The van der Waals surface area contributed by atoms with Crippen molar-refractivity contribution in [3.8, 4) is 5.75 Å². The van der Waals surface area contributed by atoms with E-state index in [1.54, 1.807) is 7.11 Å². The summed E-state index contributed by atoms with van der Waals surface area (Å²) in [4.78, 5) is 4.42. The van der Waals surface area contributed by atoms with Crippen LogP contribution in [-0.4, -0.2) is 17.2 Å². The number of hydrogen-bond donors (Lipinski definition) is 1. The molecule has 0 radical (unpaired) electrons. The Morgan fingerprint density at radius 3 is 2.53 bits per heavy atom. The number of rotatable bonds is 2. The third kappa shape index (κ3) is 2.94. The first-order valence-corrected chi connectivity index (χ1v) is 5.79. The molecule has 0 fully saturated rings. The summed E-state index contributed by atoms with van der Waals surface area (Å²) in [6.45, 7) is 5.92. The fourth-order valence-corrected chi connectivity index (χ4v) is 1.57. The molecule has 0 aliphatic heterocycles. The Morgan fingerprint density at radius 2 is 1.94 bits per heavy atom. The number of ether oxygens (including phenoxy) is 1. The molecule has 0 spiro atoms. The highest BCUT2D eigenvalue weighted by molar-refractivity contribution is 5.81. The molecular formula is C14H19NO2. The van der Waals surface area contributed by atoms with Gasteiger partial charge in [-0.05, 0) is 30.7 Å². The van der Waals surface area contributed by atoms with E-state index in [0.29, 0.717) is 0 Å². The predicted molar refractivity (Wildman–Crippen MR) is 70.3 cm³/mol. The van der Waals surface area contributed by atoms with E-state index < -0.39 is 0 Å². The van der Waals surface area contributed by atoms with Gasteiger partial charge < -0.3 is 9.84 Å². The molecule has 92 valence electrons. The highest BCUT2D eigenvalue weighted by Crippen LogP contribution is 2.21. The third-order valence-electron chi connectivity index (χ3n) is 2.49. The average molecular weight is 233 g/mol. The molecule has 1 aromatic carbocycles. The van der Waals surface area contributed by atoms with Gasteiger partial charge in [-0.2, -0.15) is 0 Å². The van der Waals surface area contributed by atoms with Gasteiger partial charge in [0.15, 0.2) is 0 Å². The summed E-state index contributed by atoms with van der Waals surface area (Å²) in [5, 5.41) is 10.1. The highest BCUT2D eigenvalue weighted by Gasteiger charge is 2.03. The van der Waals surface area contributed by atoms with Gasteiger partial charge in [-0.1, -0.05) is 13.8 Å². The zero-order chi connectivity index (χ0) is 12.8. The van der Waals surface area contributed by atoms with Crippen LogP contribution in [0.3, 0.4) is 0 Å². The first-order valence-electron chi connectivity index (χ1n) is 5.79. The smallest absolute Gasteiger partial charge is 0.121 e. The molecule has 0 unspecified atom stereocenters. The van der Waals surface area contributed by atoms with Gasteiger partial charge in [-0.25, -0.2) is 0 Å². The van der Waals surface area contributed by atoms with Crippen molar-refractivity contribution in [2.24, 2.45) is 0 Å². The molecule has 0 saturated carbocycles. The van der Waals surface area contributed by atoms with Crippen molar-refractivity contribution in [1.29, 1.82) is 0 Å². The van der Waals surface area contributed by atoms with Crippen LogP contribution in [0.25, 0.3) is 10.9 Å². The van der Waals surface area contributed by atoms with E-state index >= 15 is 0 Å². The molecule has 0 atom stereocenters. The molecule has 0 aliphatic rings. The molecule has 2 aromatic rings. The van der Waals surface area contributed by atoms with Crippen LogP contribution in [0, 0.1) is 6.92 Å². The number of methoxy groups -OCH3 is 1. The number of pyridine rings is 1. The second-order valence-corrected chi connectivity index (χ2v) is 3.45. The SMILES string of the molecule is CC.COc1ccc2cc(CO)c(C)nc2c1. The maximum Gasteiger partial charge on any atom is 0.121 e. The lowest BCUT2D eigenvalue weighted by molar-refractivity contribution is 0.280. The largest absolute Gasteiger partial charge is 0.497 e. The lowest BCUT2D eigenvalue weighted by Crippen LogP contribution is -1.93. The zero-order valence-electron chi connectivity index (χ0n) is 10.8. The number of hydrogen-bond acceptors (Lipinski definition) is 3. The molecule has 0 saturated heterocycles. The van der Waals surface area contributed by atoms with Gasteiger partial charge >= 0.3 is 0 Å². The van der Waals surface area contributed by atoms with Gasteiger partial charge in [-0.3, -0.25) is 4.98 Å². The van der Waals surface area contributed by atoms with Crippen LogP contribution in [0.4, 0.5) is 0 Å². The van der Waals surface area contributed by atoms with Crippen molar-refractivity contribution in [2.45, 2.75) is 27.4 Å². The highest BCUT2D eigenvalue weighted by atomic mass is 16.5. The lowest BCUT2D eigenvalue weighted by Gasteiger charge is -2.06. The molecule has 3 heteroatoms.